The van der Waals surface area contributed by atoms with Crippen molar-refractivity contribution in [2.24, 2.45) is 4.99 Å². The van der Waals surface area contributed by atoms with E-state index in [1.807, 2.05) is 0 Å². The Labute approximate surface area is 188 Å². The molecule has 5 rings (SSSR count). The molecule has 3 aromatic carbocycles. The third kappa shape index (κ3) is 3.24. The van der Waals surface area contributed by atoms with Gasteiger partial charge in [0.05, 0.1) is 17.6 Å². The van der Waals surface area contributed by atoms with Crippen molar-refractivity contribution in [3.8, 4) is 6.07 Å². The van der Waals surface area contributed by atoms with Crippen molar-refractivity contribution in [3.63, 3.8) is 0 Å². The Bertz CT molecular complexity index is 1710. The quantitative estimate of drug-likeness (QED) is 0.464. The van der Waals surface area contributed by atoms with Crippen LogP contribution >= 0.6 is 0 Å². The molecule has 0 amide bonds. The zero-order valence-electron chi connectivity index (χ0n) is 17.3. The molecule has 0 saturated heterocycles. The van der Waals surface area contributed by atoms with Gasteiger partial charge in [-0.25, -0.2) is 4.98 Å². The van der Waals surface area contributed by atoms with Crippen LogP contribution in [0.25, 0.3) is 27.4 Å². The van der Waals surface area contributed by atoms with E-state index in [1.165, 1.54) is 4.57 Å². The molecule has 1 aromatic heterocycles. The van der Waals surface area contributed by atoms with Crippen molar-refractivity contribution in [1.29, 1.82) is 5.26 Å². The number of benzene rings is 3. The normalized spacial score (nSPS) is 15.3. The van der Waals surface area contributed by atoms with Crippen molar-refractivity contribution in [2.75, 3.05) is 0 Å². The average Bonchev–Trinajstić information content (AvgIpc) is 3.17. The summed E-state index contributed by atoms with van der Waals surface area (Å²) in [7, 11) is -4.56. The summed E-state index contributed by atoms with van der Waals surface area (Å²) in [4.78, 5) is 22.0. The summed E-state index contributed by atoms with van der Waals surface area (Å²) in [6, 6.07) is 19.2. The third-order valence-corrected chi connectivity index (χ3v) is 6.66. The van der Waals surface area contributed by atoms with Crippen LogP contribution in [0.5, 0.6) is 0 Å². The molecule has 0 unspecified atom stereocenters. The molecule has 162 valence electrons. The Morgan fingerprint density at radius 1 is 1.09 bits per heavy atom. The zero-order valence-corrected chi connectivity index (χ0v) is 18.2. The second-order valence-corrected chi connectivity index (χ2v) is 8.95. The number of rotatable bonds is 3. The van der Waals surface area contributed by atoms with Gasteiger partial charge in [-0.15, -0.1) is 0 Å². The molecule has 0 saturated carbocycles. The Morgan fingerprint density at radius 3 is 2.58 bits per heavy atom. The Balaban J connectivity index is 1.68. The largest absolute Gasteiger partial charge is 0.295 e. The van der Waals surface area contributed by atoms with Gasteiger partial charge >= 0.3 is 0 Å². The van der Waals surface area contributed by atoms with Gasteiger partial charge in [0.1, 0.15) is 22.2 Å². The summed E-state index contributed by atoms with van der Waals surface area (Å²) in [5.41, 5.74) is 1.99. The van der Waals surface area contributed by atoms with Gasteiger partial charge in [0.15, 0.2) is 5.82 Å². The predicted molar refractivity (Wildman–Crippen MR) is 123 cm³/mol. The van der Waals surface area contributed by atoms with Crippen LogP contribution in [0.1, 0.15) is 23.1 Å². The summed E-state index contributed by atoms with van der Waals surface area (Å²) in [6.07, 6.45) is 0. The molecule has 0 atom stereocenters. The maximum atomic E-state index is 13.4. The van der Waals surface area contributed by atoms with Gasteiger partial charge in [-0.2, -0.15) is 13.7 Å². The minimum atomic E-state index is -4.56. The first-order chi connectivity index (χ1) is 15.8. The van der Waals surface area contributed by atoms with Gasteiger partial charge in [0.2, 0.25) is 0 Å². The van der Waals surface area contributed by atoms with Gasteiger partial charge in [-0.05, 0) is 30.0 Å². The van der Waals surface area contributed by atoms with E-state index in [0.717, 1.165) is 0 Å². The second-order valence-electron chi connectivity index (χ2n) is 7.59. The van der Waals surface area contributed by atoms with Crippen molar-refractivity contribution in [2.45, 2.75) is 18.4 Å². The van der Waals surface area contributed by atoms with Crippen LogP contribution in [0.3, 0.4) is 0 Å². The van der Waals surface area contributed by atoms with E-state index >= 15 is 0 Å². The number of hydrogen-bond donors (Lipinski definition) is 1. The fourth-order valence-electron chi connectivity index (χ4n) is 4.15. The van der Waals surface area contributed by atoms with Gasteiger partial charge in [0, 0.05) is 11.0 Å². The zero-order chi connectivity index (χ0) is 23.3. The minimum Gasteiger partial charge on any atom is -0.282 e. The Morgan fingerprint density at radius 2 is 1.82 bits per heavy atom. The second kappa shape index (κ2) is 7.48. The molecular weight excluding hydrogens is 440 g/mol. The summed E-state index contributed by atoms with van der Waals surface area (Å²) in [6.45, 7) is 1.43. The summed E-state index contributed by atoms with van der Waals surface area (Å²) < 4.78 is 35.6. The highest BCUT2D eigenvalue weighted by Crippen LogP contribution is 2.31. The molecule has 1 N–H and O–H groups in total. The number of para-hydroxylation sites is 2. The maximum Gasteiger partial charge on any atom is 0.295 e. The highest BCUT2D eigenvalue weighted by atomic mass is 32.2. The standard InChI is InChI=1S/C24H16N4O4S/c1-14-18(12-25)23-27-19-8-4-5-9-20(19)28(23)24(29)21(14)26-13-16-11-10-15-6-2-3-7-17(15)22(16)33(30,31)32/h2-11H,13H2,1H3,(H,30,31,32). The molecule has 0 radical (unpaired) electrons. The van der Waals surface area contributed by atoms with Crippen LogP contribution in [0, 0.1) is 11.3 Å². The molecule has 0 spiro atoms. The van der Waals surface area contributed by atoms with E-state index in [4.69, 9.17) is 0 Å². The van der Waals surface area contributed by atoms with Gasteiger partial charge in [-0.1, -0.05) is 48.5 Å². The first-order valence-corrected chi connectivity index (χ1v) is 11.4. The molecule has 0 bridgehead atoms. The van der Waals surface area contributed by atoms with E-state index in [-0.39, 0.29) is 34.1 Å². The van der Waals surface area contributed by atoms with E-state index in [9.17, 15) is 23.0 Å². The van der Waals surface area contributed by atoms with Crippen molar-refractivity contribution >= 4 is 49.1 Å². The molecule has 1 aliphatic heterocycles. The monoisotopic (exact) mass is 456 g/mol. The molecular formula is C24H16N4O4S. The first-order valence-electron chi connectivity index (χ1n) is 9.97. The van der Waals surface area contributed by atoms with Crippen LogP contribution in [-0.4, -0.2) is 34.1 Å². The van der Waals surface area contributed by atoms with Crippen LogP contribution in [0.4, 0.5) is 0 Å². The van der Waals surface area contributed by atoms with Gasteiger partial charge in [0.25, 0.3) is 16.0 Å². The fraction of sp³-hybridized carbons (Fsp3) is 0.0833. The summed E-state index contributed by atoms with van der Waals surface area (Å²) in [5, 5.41) is 10.8. The highest BCUT2D eigenvalue weighted by Gasteiger charge is 2.32. The number of aliphatic imine (C=N–C) groups is 1. The Kier molecular flexibility index (Phi) is 4.70. The van der Waals surface area contributed by atoms with Gasteiger partial charge in [-0.3, -0.25) is 18.9 Å². The lowest BCUT2D eigenvalue weighted by molar-refractivity contribution is 0.0992. The van der Waals surface area contributed by atoms with Crippen molar-refractivity contribution in [3.05, 3.63) is 77.6 Å². The minimum absolute atomic E-state index is 0.0386. The third-order valence-electron chi connectivity index (χ3n) is 5.66. The van der Waals surface area contributed by atoms with Crippen molar-refractivity contribution < 1.29 is 17.8 Å². The van der Waals surface area contributed by atoms with Crippen LogP contribution < -0.4 is 0 Å². The number of carbonyl (C=O) groups excluding carboxylic acids is 1. The summed E-state index contributed by atoms with van der Waals surface area (Å²) >= 11 is 0. The molecule has 33 heavy (non-hydrogen) atoms. The maximum absolute atomic E-state index is 13.4. The van der Waals surface area contributed by atoms with E-state index in [2.05, 4.69) is 16.0 Å². The lowest BCUT2D eigenvalue weighted by Crippen LogP contribution is -2.29. The highest BCUT2D eigenvalue weighted by molar-refractivity contribution is 7.86. The smallest absolute Gasteiger partial charge is 0.282 e. The molecule has 1 aliphatic rings. The average molecular weight is 456 g/mol. The van der Waals surface area contributed by atoms with Crippen LogP contribution in [-0.2, 0) is 16.7 Å². The number of hydrogen-bond acceptors (Lipinski definition) is 6. The molecule has 0 aliphatic carbocycles. The number of fused-ring (bicyclic) bond motifs is 4. The van der Waals surface area contributed by atoms with E-state index in [0.29, 0.717) is 27.4 Å². The SMILES string of the molecule is CC1=C(C#N)c2nc3ccccc3n2C(=O)C1=NCc1ccc2ccccc2c1S(=O)(=O)O. The number of imidazole rings is 1. The lowest BCUT2D eigenvalue weighted by Gasteiger charge is -2.17. The lowest BCUT2D eigenvalue weighted by atomic mass is 10.0. The Hall–Kier alpha value is -4.13. The van der Waals surface area contributed by atoms with Crippen molar-refractivity contribution in [1.82, 2.24) is 9.55 Å². The fourth-order valence-corrected chi connectivity index (χ4v) is 5.08. The molecule has 2 heterocycles. The first kappa shape index (κ1) is 20.8. The molecule has 0 fully saturated rings. The number of aromatic nitrogens is 2. The summed E-state index contributed by atoms with van der Waals surface area (Å²) in [5.74, 6) is -0.200. The predicted octanol–water partition coefficient (Wildman–Crippen LogP) is 4.03. The van der Waals surface area contributed by atoms with Crippen LogP contribution in [0.2, 0.25) is 0 Å². The molecule has 8 nitrogen and oxygen atoms in total. The molecule has 4 aromatic rings. The molecule has 9 heteroatoms. The number of allylic oxidation sites excluding steroid dienone is 2. The number of nitrogens with zero attached hydrogens (tertiary/aromatic N) is 4. The topological polar surface area (TPSA) is 125 Å². The van der Waals surface area contributed by atoms with E-state index in [1.54, 1.807) is 67.6 Å². The number of carbonyl (C=O) groups is 1. The number of nitriles is 1. The van der Waals surface area contributed by atoms with Crippen LogP contribution in [0.15, 0.2) is 76.1 Å². The van der Waals surface area contributed by atoms with Gasteiger partial charge < -0.3 is 0 Å². The van der Waals surface area contributed by atoms with E-state index < -0.39 is 16.0 Å².